The largest absolute Gasteiger partial charge is 0.463 e. The van der Waals surface area contributed by atoms with Crippen molar-refractivity contribution in [3.05, 3.63) is 23.7 Å². The van der Waals surface area contributed by atoms with Crippen LogP contribution in [-0.2, 0) is 9.47 Å². The van der Waals surface area contributed by atoms with Crippen molar-refractivity contribution in [1.82, 2.24) is 5.32 Å². The van der Waals surface area contributed by atoms with E-state index in [1.54, 1.807) is 6.07 Å². The van der Waals surface area contributed by atoms with Crippen molar-refractivity contribution in [2.45, 2.75) is 32.7 Å². The maximum Gasteiger partial charge on any atom is 0.373 e. The van der Waals surface area contributed by atoms with Crippen molar-refractivity contribution < 1.29 is 18.7 Å². The van der Waals surface area contributed by atoms with Crippen LogP contribution in [-0.4, -0.2) is 32.8 Å². The van der Waals surface area contributed by atoms with Crippen LogP contribution in [0.1, 0.15) is 49.0 Å². The highest BCUT2D eigenvalue weighted by Crippen LogP contribution is 2.29. The number of carbonyl (C=O) groups is 1. The van der Waals surface area contributed by atoms with Crippen LogP contribution in [0.4, 0.5) is 0 Å². The molecular weight excluding hydrogens is 258 g/mol. The van der Waals surface area contributed by atoms with Gasteiger partial charge in [0.15, 0.2) is 0 Å². The Morgan fingerprint density at radius 1 is 1.45 bits per heavy atom. The van der Waals surface area contributed by atoms with Crippen molar-refractivity contribution in [1.29, 1.82) is 0 Å². The second-order valence-corrected chi connectivity index (χ2v) is 5.72. The summed E-state index contributed by atoms with van der Waals surface area (Å²) in [5, 5.41) is 3.48. The third-order valence-corrected chi connectivity index (χ3v) is 3.98. The Balaban J connectivity index is 1.89. The van der Waals surface area contributed by atoms with Crippen LogP contribution in [0, 0.1) is 5.41 Å². The zero-order valence-corrected chi connectivity index (χ0v) is 12.4. The summed E-state index contributed by atoms with van der Waals surface area (Å²) in [5.41, 5.74) is 0.268. The minimum absolute atomic E-state index is 0.0630. The van der Waals surface area contributed by atoms with Crippen molar-refractivity contribution in [2.75, 3.05) is 26.9 Å². The smallest absolute Gasteiger partial charge is 0.373 e. The lowest BCUT2D eigenvalue weighted by Gasteiger charge is -2.34. The van der Waals surface area contributed by atoms with Gasteiger partial charge in [-0.2, -0.15) is 0 Å². The molecule has 0 amide bonds. The van der Waals surface area contributed by atoms with Crippen molar-refractivity contribution in [3.8, 4) is 0 Å². The van der Waals surface area contributed by atoms with E-state index in [1.807, 2.05) is 13.0 Å². The molecule has 0 bridgehead atoms. The molecule has 1 atom stereocenters. The molecule has 112 valence electrons. The average molecular weight is 281 g/mol. The normalized spacial score (nSPS) is 19.6. The van der Waals surface area contributed by atoms with E-state index in [4.69, 9.17) is 9.15 Å². The number of hydrogen-bond donors (Lipinski definition) is 1. The second kappa shape index (κ2) is 6.41. The number of nitrogens with one attached hydrogen (secondary N) is 1. The quantitative estimate of drug-likeness (QED) is 0.840. The predicted octanol–water partition coefficient (Wildman–Crippen LogP) is 2.53. The molecule has 0 aromatic carbocycles. The van der Waals surface area contributed by atoms with E-state index in [0.29, 0.717) is 0 Å². The van der Waals surface area contributed by atoms with Crippen LogP contribution in [0.5, 0.6) is 0 Å². The molecule has 1 aliphatic heterocycles. The lowest BCUT2D eigenvalue weighted by atomic mass is 9.82. The van der Waals surface area contributed by atoms with Gasteiger partial charge in [0.1, 0.15) is 5.76 Å². The lowest BCUT2D eigenvalue weighted by molar-refractivity contribution is 0.0227. The Bertz CT molecular complexity index is 448. The molecule has 1 aromatic rings. The Labute approximate surface area is 119 Å². The molecule has 1 saturated heterocycles. The Kier molecular flexibility index (Phi) is 4.83. The van der Waals surface area contributed by atoms with Crippen molar-refractivity contribution >= 4 is 5.97 Å². The fourth-order valence-electron chi connectivity index (χ4n) is 2.34. The number of esters is 1. The molecule has 0 radical (unpaired) electrons. The standard InChI is InChI=1S/C15H23NO4/c1-11(12-4-5-13(20-12)14(17)18-3)16-10-15(2)6-8-19-9-7-15/h4-5,11,16H,6-10H2,1-3H3. The zero-order valence-electron chi connectivity index (χ0n) is 12.4. The molecule has 1 aromatic heterocycles. The first kappa shape index (κ1) is 15.1. The Hall–Kier alpha value is -1.33. The van der Waals surface area contributed by atoms with E-state index in [9.17, 15) is 4.79 Å². The summed E-state index contributed by atoms with van der Waals surface area (Å²) in [4.78, 5) is 11.4. The van der Waals surface area contributed by atoms with Gasteiger partial charge in [-0.3, -0.25) is 0 Å². The molecular formula is C15H23NO4. The number of carbonyl (C=O) groups excluding carboxylic acids is 1. The number of methoxy groups -OCH3 is 1. The van der Waals surface area contributed by atoms with Gasteiger partial charge in [0.25, 0.3) is 0 Å². The first-order valence-electron chi connectivity index (χ1n) is 7.03. The second-order valence-electron chi connectivity index (χ2n) is 5.72. The molecule has 5 heteroatoms. The Morgan fingerprint density at radius 2 is 2.15 bits per heavy atom. The topological polar surface area (TPSA) is 60.7 Å². The SMILES string of the molecule is COC(=O)c1ccc(C(C)NCC2(C)CCOCC2)o1. The van der Waals surface area contributed by atoms with Gasteiger partial charge in [0, 0.05) is 19.8 Å². The van der Waals surface area contributed by atoms with Crippen LogP contribution in [0.25, 0.3) is 0 Å². The summed E-state index contributed by atoms with van der Waals surface area (Å²) in [7, 11) is 1.35. The maximum atomic E-state index is 11.4. The summed E-state index contributed by atoms with van der Waals surface area (Å²) in [6.45, 7) is 6.88. The van der Waals surface area contributed by atoms with Gasteiger partial charge in [0.2, 0.25) is 5.76 Å². The molecule has 1 fully saturated rings. The lowest BCUT2D eigenvalue weighted by Crippen LogP contribution is -2.37. The molecule has 2 heterocycles. The van der Waals surface area contributed by atoms with E-state index in [2.05, 4.69) is 17.0 Å². The maximum absolute atomic E-state index is 11.4. The first-order chi connectivity index (χ1) is 9.54. The first-order valence-corrected chi connectivity index (χ1v) is 7.03. The van der Waals surface area contributed by atoms with Crippen LogP contribution >= 0.6 is 0 Å². The molecule has 0 saturated carbocycles. The van der Waals surface area contributed by atoms with Crippen LogP contribution in [0.2, 0.25) is 0 Å². The van der Waals surface area contributed by atoms with Crippen molar-refractivity contribution in [3.63, 3.8) is 0 Å². The predicted molar refractivity (Wildman–Crippen MR) is 74.6 cm³/mol. The molecule has 20 heavy (non-hydrogen) atoms. The Morgan fingerprint density at radius 3 is 2.80 bits per heavy atom. The molecule has 1 unspecified atom stereocenters. The number of ether oxygens (including phenoxy) is 2. The number of hydrogen-bond acceptors (Lipinski definition) is 5. The highest BCUT2D eigenvalue weighted by atomic mass is 16.5. The zero-order chi connectivity index (χ0) is 14.6. The van der Waals surface area contributed by atoms with Crippen LogP contribution in [0.15, 0.2) is 16.5 Å². The molecule has 2 rings (SSSR count). The highest BCUT2D eigenvalue weighted by molar-refractivity contribution is 5.86. The molecule has 5 nitrogen and oxygen atoms in total. The van der Waals surface area contributed by atoms with Crippen LogP contribution in [0.3, 0.4) is 0 Å². The van der Waals surface area contributed by atoms with E-state index in [0.717, 1.165) is 38.4 Å². The summed E-state index contributed by atoms with van der Waals surface area (Å²) in [6, 6.07) is 3.53. The molecule has 0 aliphatic carbocycles. The van der Waals surface area contributed by atoms with Gasteiger partial charge in [-0.15, -0.1) is 0 Å². The summed E-state index contributed by atoms with van der Waals surface area (Å²) in [6.07, 6.45) is 2.14. The monoisotopic (exact) mass is 281 g/mol. The third kappa shape index (κ3) is 3.61. The summed E-state index contributed by atoms with van der Waals surface area (Å²) >= 11 is 0. The van der Waals surface area contributed by atoms with Gasteiger partial charge in [-0.1, -0.05) is 6.92 Å². The molecule has 1 N–H and O–H groups in total. The highest BCUT2D eigenvalue weighted by Gasteiger charge is 2.28. The van der Waals surface area contributed by atoms with Gasteiger partial charge < -0.3 is 19.2 Å². The van der Waals surface area contributed by atoms with E-state index >= 15 is 0 Å². The van der Waals surface area contributed by atoms with Gasteiger partial charge in [-0.05, 0) is 37.3 Å². The van der Waals surface area contributed by atoms with Crippen molar-refractivity contribution in [2.24, 2.45) is 5.41 Å². The molecule has 0 spiro atoms. The fraction of sp³-hybridized carbons (Fsp3) is 0.667. The van der Waals surface area contributed by atoms with E-state index < -0.39 is 5.97 Å². The van der Waals surface area contributed by atoms with E-state index in [1.165, 1.54) is 7.11 Å². The summed E-state index contributed by atoms with van der Waals surface area (Å²) in [5.74, 6) is 0.550. The molecule has 1 aliphatic rings. The van der Waals surface area contributed by atoms with Gasteiger partial charge in [0.05, 0.1) is 13.2 Å². The minimum Gasteiger partial charge on any atom is -0.463 e. The summed E-state index contributed by atoms with van der Waals surface area (Å²) < 4.78 is 15.5. The third-order valence-electron chi connectivity index (χ3n) is 3.98. The number of rotatable bonds is 5. The number of furan rings is 1. The van der Waals surface area contributed by atoms with Crippen LogP contribution < -0.4 is 5.32 Å². The van der Waals surface area contributed by atoms with Gasteiger partial charge in [-0.25, -0.2) is 4.79 Å². The fourth-order valence-corrected chi connectivity index (χ4v) is 2.34. The minimum atomic E-state index is -0.445. The average Bonchev–Trinajstić information content (AvgIpc) is 2.94. The van der Waals surface area contributed by atoms with Gasteiger partial charge >= 0.3 is 5.97 Å². The van der Waals surface area contributed by atoms with E-state index in [-0.39, 0.29) is 17.2 Å².